The second-order valence-electron chi connectivity index (χ2n) is 5.23. The minimum absolute atomic E-state index is 0.0374. The minimum Gasteiger partial charge on any atom is -0.497 e. The maximum atomic E-state index is 12.5. The van der Waals surface area contributed by atoms with Crippen molar-refractivity contribution in [2.45, 2.75) is 12.5 Å². The third-order valence-electron chi connectivity index (χ3n) is 3.86. The molecule has 0 saturated carbocycles. The fourth-order valence-corrected chi connectivity index (χ4v) is 2.67. The first-order valence-corrected chi connectivity index (χ1v) is 7.56. The third-order valence-corrected chi connectivity index (χ3v) is 3.86. The van der Waals surface area contributed by atoms with Crippen LogP contribution >= 0.6 is 0 Å². The topological polar surface area (TPSA) is 95.2 Å². The van der Waals surface area contributed by atoms with E-state index in [4.69, 9.17) is 18.6 Å². The summed E-state index contributed by atoms with van der Waals surface area (Å²) in [7, 11) is 1.47. The summed E-state index contributed by atoms with van der Waals surface area (Å²) in [6.45, 7) is 1.64. The summed E-state index contributed by atoms with van der Waals surface area (Å²) in [6.07, 6.45) is 1.75. The van der Waals surface area contributed by atoms with Crippen LogP contribution in [0.1, 0.15) is 18.2 Å². The van der Waals surface area contributed by atoms with Crippen LogP contribution in [0.15, 0.2) is 46.6 Å². The molecule has 0 fully saturated rings. The number of aldehydes is 1. The molecule has 1 aliphatic heterocycles. The predicted molar refractivity (Wildman–Crippen MR) is 85.8 cm³/mol. The summed E-state index contributed by atoms with van der Waals surface area (Å²) in [5, 5.41) is 11.2. The Hall–Kier alpha value is -3.06. The van der Waals surface area contributed by atoms with E-state index in [0.717, 1.165) is 0 Å². The molecular formula is C18H16O7. The summed E-state index contributed by atoms with van der Waals surface area (Å²) in [4.78, 5) is 24.3. The van der Waals surface area contributed by atoms with Gasteiger partial charge < -0.3 is 23.7 Å². The molecule has 2 heterocycles. The van der Waals surface area contributed by atoms with Gasteiger partial charge in [-0.3, -0.25) is 4.79 Å². The molecule has 130 valence electrons. The Labute approximate surface area is 143 Å². The second kappa shape index (κ2) is 6.45. The van der Waals surface area contributed by atoms with Crippen LogP contribution in [0, 0.1) is 0 Å². The Balaban J connectivity index is 2.28. The highest BCUT2D eigenvalue weighted by Crippen LogP contribution is 2.46. The molecule has 0 bridgehead atoms. The molecule has 1 aromatic heterocycles. The molecule has 2 aromatic rings. The number of hydrogen-bond donors (Lipinski definition) is 1. The fourth-order valence-electron chi connectivity index (χ4n) is 2.67. The molecule has 7 nitrogen and oxygen atoms in total. The van der Waals surface area contributed by atoms with Crippen LogP contribution in [0.4, 0.5) is 0 Å². The van der Waals surface area contributed by atoms with Crippen LogP contribution in [0.5, 0.6) is 11.5 Å². The number of methoxy groups -OCH3 is 1. The van der Waals surface area contributed by atoms with E-state index in [-0.39, 0.29) is 35.0 Å². The van der Waals surface area contributed by atoms with E-state index in [1.54, 1.807) is 25.1 Å². The highest BCUT2D eigenvalue weighted by molar-refractivity contribution is 6.01. The summed E-state index contributed by atoms with van der Waals surface area (Å²) in [5.41, 5.74) is -2.53. The van der Waals surface area contributed by atoms with Crippen molar-refractivity contribution in [3.63, 3.8) is 0 Å². The second-order valence-corrected chi connectivity index (χ2v) is 5.23. The maximum Gasteiger partial charge on any atom is 0.348 e. The van der Waals surface area contributed by atoms with Gasteiger partial charge in [0.25, 0.3) is 0 Å². The van der Waals surface area contributed by atoms with Crippen molar-refractivity contribution in [1.82, 2.24) is 0 Å². The number of hydrogen-bond acceptors (Lipinski definition) is 7. The predicted octanol–water partition coefficient (Wildman–Crippen LogP) is 2.04. The number of aliphatic hydroxyl groups is 1. The lowest BCUT2D eigenvalue weighted by Gasteiger charge is -2.33. The van der Waals surface area contributed by atoms with Gasteiger partial charge >= 0.3 is 5.97 Å². The lowest BCUT2D eigenvalue weighted by Crippen LogP contribution is -2.43. The first kappa shape index (κ1) is 16.8. The first-order valence-electron chi connectivity index (χ1n) is 7.56. The molecule has 1 aromatic carbocycles. The third kappa shape index (κ3) is 2.58. The van der Waals surface area contributed by atoms with Crippen LogP contribution < -0.4 is 9.47 Å². The van der Waals surface area contributed by atoms with E-state index < -0.39 is 11.6 Å². The number of ether oxygens (including phenoxy) is 3. The summed E-state index contributed by atoms with van der Waals surface area (Å²) in [5.74, 6) is -0.226. The normalized spacial score (nSPS) is 19.0. The van der Waals surface area contributed by atoms with E-state index >= 15 is 0 Å². The quantitative estimate of drug-likeness (QED) is 0.655. The van der Waals surface area contributed by atoms with Crippen LogP contribution in [0.2, 0.25) is 0 Å². The van der Waals surface area contributed by atoms with Gasteiger partial charge in [-0.1, -0.05) is 0 Å². The van der Waals surface area contributed by atoms with Gasteiger partial charge in [0.1, 0.15) is 11.5 Å². The van der Waals surface area contributed by atoms with Crippen LogP contribution in [0.3, 0.4) is 0 Å². The van der Waals surface area contributed by atoms with E-state index in [1.807, 2.05) is 0 Å². The Morgan fingerprint density at radius 2 is 2.16 bits per heavy atom. The Morgan fingerprint density at radius 3 is 2.76 bits per heavy atom. The number of carbonyl (C=O) groups excluding carboxylic acids is 2. The molecule has 0 amide bonds. The molecule has 0 saturated heterocycles. The van der Waals surface area contributed by atoms with E-state index in [1.165, 1.54) is 25.5 Å². The van der Waals surface area contributed by atoms with E-state index in [0.29, 0.717) is 12.0 Å². The molecule has 1 N–H and O–H groups in total. The van der Waals surface area contributed by atoms with Gasteiger partial charge in [0.15, 0.2) is 17.8 Å². The number of furan rings is 1. The number of esters is 1. The molecular weight excluding hydrogens is 328 g/mol. The SMILES string of the molecule is CCOC(=O)[C@]1(O)C(C=O)=C(c2ccco2)Oc2cc(OC)ccc21. The van der Waals surface area contributed by atoms with Crippen molar-refractivity contribution in [1.29, 1.82) is 0 Å². The van der Waals surface area contributed by atoms with Crippen molar-refractivity contribution in [3.8, 4) is 11.5 Å². The van der Waals surface area contributed by atoms with Gasteiger partial charge in [0.05, 0.1) is 25.6 Å². The average molecular weight is 344 g/mol. The van der Waals surface area contributed by atoms with Crippen LogP contribution in [-0.4, -0.2) is 31.1 Å². The van der Waals surface area contributed by atoms with Crippen molar-refractivity contribution in [2.24, 2.45) is 0 Å². The van der Waals surface area contributed by atoms with E-state index in [9.17, 15) is 14.7 Å². The molecule has 1 atom stereocenters. The molecule has 25 heavy (non-hydrogen) atoms. The molecule has 0 radical (unpaired) electrons. The van der Waals surface area contributed by atoms with Gasteiger partial charge in [0.2, 0.25) is 5.60 Å². The minimum atomic E-state index is -2.32. The molecule has 3 rings (SSSR count). The average Bonchev–Trinajstić information content (AvgIpc) is 3.15. The maximum absolute atomic E-state index is 12.5. The Kier molecular flexibility index (Phi) is 4.33. The Bertz CT molecular complexity index is 835. The number of benzene rings is 1. The lowest BCUT2D eigenvalue weighted by atomic mass is 9.83. The zero-order valence-electron chi connectivity index (χ0n) is 13.6. The van der Waals surface area contributed by atoms with Crippen LogP contribution in [-0.2, 0) is 19.9 Å². The highest BCUT2D eigenvalue weighted by atomic mass is 16.6. The highest BCUT2D eigenvalue weighted by Gasteiger charge is 2.51. The molecule has 0 aliphatic carbocycles. The number of fused-ring (bicyclic) bond motifs is 1. The Morgan fingerprint density at radius 1 is 1.36 bits per heavy atom. The van der Waals surface area contributed by atoms with Crippen LogP contribution in [0.25, 0.3) is 5.76 Å². The standard InChI is InChI=1S/C18H16O7/c1-3-23-17(20)18(21)12-7-6-11(22-2)9-15(12)25-16(13(18)10-19)14-5-4-8-24-14/h4-10,21H,3H2,1-2H3/t18-/m1/s1. The van der Waals surface area contributed by atoms with Gasteiger partial charge in [-0.05, 0) is 31.2 Å². The molecule has 0 spiro atoms. The molecule has 7 heteroatoms. The molecule has 0 unspecified atom stereocenters. The van der Waals surface area contributed by atoms with Crippen molar-refractivity contribution in [2.75, 3.05) is 13.7 Å². The van der Waals surface area contributed by atoms with Gasteiger partial charge in [-0.2, -0.15) is 0 Å². The first-order chi connectivity index (χ1) is 12.1. The smallest absolute Gasteiger partial charge is 0.348 e. The lowest BCUT2D eigenvalue weighted by molar-refractivity contribution is -0.163. The zero-order valence-corrected chi connectivity index (χ0v) is 13.6. The summed E-state index contributed by atoms with van der Waals surface area (Å²) in [6, 6.07) is 7.65. The largest absolute Gasteiger partial charge is 0.497 e. The van der Waals surface area contributed by atoms with Crippen molar-refractivity contribution < 1.29 is 33.3 Å². The number of carbonyl (C=O) groups is 2. The number of rotatable bonds is 5. The van der Waals surface area contributed by atoms with Crippen molar-refractivity contribution in [3.05, 3.63) is 53.5 Å². The molecule has 1 aliphatic rings. The zero-order chi connectivity index (χ0) is 18.0. The summed E-state index contributed by atoms with van der Waals surface area (Å²) >= 11 is 0. The van der Waals surface area contributed by atoms with Gasteiger partial charge in [0, 0.05) is 11.6 Å². The fraction of sp³-hybridized carbons (Fsp3) is 0.222. The van der Waals surface area contributed by atoms with E-state index in [2.05, 4.69) is 0 Å². The summed E-state index contributed by atoms with van der Waals surface area (Å²) < 4.78 is 21.2. The van der Waals surface area contributed by atoms with Crippen molar-refractivity contribution >= 4 is 18.0 Å². The van der Waals surface area contributed by atoms with Gasteiger partial charge in [-0.15, -0.1) is 0 Å². The monoisotopic (exact) mass is 344 g/mol. The van der Waals surface area contributed by atoms with Gasteiger partial charge in [-0.25, -0.2) is 4.79 Å².